The van der Waals surface area contributed by atoms with Crippen molar-refractivity contribution in [3.05, 3.63) is 44.2 Å². The first-order valence-corrected chi connectivity index (χ1v) is 7.73. The lowest BCUT2D eigenvalue weighted by molar-refractivity contribution is 0.582. The van der Waals surface area contributed by atoms with Crippen LogP contribution in [0.25, 0.3) is 0 Å². The molecule has 0 bridgehead atoms. The fourth-order valence-electron chi connectivity index (χ4n) is 2.04. The molecule has 2 aromatic rings. The number of hydrogen-bond acceptors (Lipinski definition) is 5. The quantitative estimate of drug-likeness (QED) is 0.857. The van der Waals surface area contributed by atoms with E-state index in [0.29, 0.717) is 6.54 Å². The molecule has 0 unspecified atom stereocenters. The van der Waals surface area contributed by atoms with Crippen LogP contribution in [-0.2, 0) is 0 Å². The molecule has 0 fully saturated rings. The Labute approximate surface area is 145 Å². The topological polar surface area (TPSA) is 76.0 Å². The van der Waals surface area contributed by atoms with Crippen molar-refractivity contribution >= 4 is 33.4 Å². The number of nitriles is 1. The summed E-state index contributed by atoms with van der Waals surface area (Å²) in [7, 11) is 3.11. The van der Waals surface area contributed by atoms with E-state index >= 15 is 0 Å². The Morgan fingerprint density at radius 3 is 2.42 bits per heavy atom. The highest BCUT2D eigenvalue weighted by Crippen LogP contribution is 2.32. The van der Waals surface area contributed by atoms with Crippen LogP contribution in [0.15, 0.2) is 21.4 Å². The summed E-state index contributed by atoms with van der Waals surface area (Å²) in [6.45, 7) is 2.44. The monoisotopic (exact) mass is 397 g/mol. The van der Waals surface area contributed by atoms with E-state index in [1.807, 2.05) is 6.92 Å². The van der Waals surface area contributed by atoms with Crippen molar-refractivity contribution in [2.24, 2.45) is 0 Å². The molecule has 1 aromatic carbocycles. The minimum Gasteiger partial charge on any atom is -0.346 e. The highest BCUT2D eigenvalue weighted by Gasteiger charge is 2.22. The van der Waals surface area contributed by atoms with Gasteiger partial charge in [-0.1, -0.05) is 0 Å². The van der Waals surface area contributed by atoms with Gasteiger partial charge in [0, 0.05) is 20.6 Å². The normalized spacial score (nSPS) is 10.4. The van der Waals surface area contributed by atoms with Crippen molar-refractivity contribution in [1.29, 1.82) is 5.26 Å². The molecule has 126 valence electrons. The highest BCUT2D eigenvalue weighted by atomic mass is 79.9. The van der Waals surface area contributed by atoms with Crippen LogP contribution >= 0.6 is 15.9 Å². The Balaban J connectivity index is 2.63. The summed E-state index contributed by atoms with van der Waals surface area (Å²) in [4.78, 5) is 21.7. The van der Waals surface area contributed by atoms with Crippen LogP contribution in [0, 0.1) is 23.0 Å². The van der Waals surface area contributed by atoms with Gasteiger partial charge in [-0.05, 0) is 35.0 Å². The van der Waals surface area contributed by atoms with Gasteiger partial charge in [0.1, 0.15) is 10.2 Å². The predicted molar refractivity (Wildman–Crippen MR) is 90.6 cm³/mol. The van der Waals surface area contributed by atoms with Crippen molar-refractivity contribution in [3.8, 4) is 6.07 Å². The molecule has 1 aromatic heterocycles. The molecule has 0 aliphatic heterocycles. The summed E-state index contributed by atoms with van der Waals surface area (Å²) < 4.78 is 28.5. The van der Waals surface area contributed by atoms with E-state index in [1.54, 1.807) is 18.0 Å². The zero-order chi connectivity index (χ0) is 18.0. The third-order valence-corrected chi connectivity index (χ3v) is 4.18. The minimum absolute atomic E-state index is 0.0430. The van der Waals surface area contributed by atoms with Crippen LogP contribution in [0.3, 0.4) is 0 Å². The van der Waals surface area contributed by atoms with Crippen LogP contribution in [-0.4, -0.2) is 30.6 Å². The van der Waals surface area contributed by atoms with Crippen molar-refractivity contribution in [1.82, 2.24) is 9.97 Å². The fourth-order valence-corrected chi connectivity index (χ4v) is 2.50. The summed E-state index contributed by atoms with van der Waals surface area (Å²) in [5.74, 6) is -1.53. The highest BCUT2D eigenvalue weighted by molar-refractivity contribution is 9.10. The third kappa shape index (κ3) is 3.23. The zero-order valence-corrected chi connectivity index (χ0v) is 14.8. The minimum atomic E-state index is -0.923. The van der Waals surface area contributed by atoms with Gasteiger partial charge in [0.15, 0.2) is 17.5 Å². The molecular formula is C15H14BrF2N5O. The maximum absolute atomic E-state index is 14.2. The molecule has 0 saturated carbocycles. The van der Waals surface area contributed by atoms with Gasteiger partial charge in [0.25, 0.3) is 5.56 Å². The largest absolute Gasteiger partial charge is 0.346 e. The van der Waals surface area contributed by atoms with Crippen LogP contribution in [0.5, 0.6) is 0 Å². The molecule has 24 heavy (non-hydrogen) atoms. The van der Waals surface area contributed by atoms with Gasteiger partial charge in [-0.15, -0.1) is 0 Å². The second kappa shape index (κ2) is 6.97. The Morgan fingerprint density at radius 2 is 1.92 bits per heavy atom. The van der Waals surface area contributed by atoms with E-state index in [2.05, 4.69) is 25.9 Å². The van der Waals surface area contributed by atoms with Gasteiger partial charge in [0.2, 0.25) is 5.95 Å². The SMILES string of the molecule is CCN(C)c1nc(N(C)c2c(F)cc(C#N)cc2F)c(Br)c(=O)[nH]1. The lowest BCUT2D eigenvalue weighted by Gasteiger charge is -2.23. The molecule has 0 saturated heterocycles. The average Bonchev–Trinajstić information content (AvgIpc) is 2.55. The number of hydrogen-bond donors (Lipinski definition) is 1. The number of H-pyrrole nitrogens is 1. The van der Waals surface area contributed by atoms with E-state index in [4.69, 9.17) is 5.26 Å². The number of rotatable bonds is 4. The summed E-state index contributed by atoms with van der Waals surface area (Å²) >= 11 is 3.10. The van der Waals surface area contributed by atoms with Gasteiger partial charge in [-0.2, -0.15) is 10.2 Å². The molecule has 0 atom stereocenters. The number of halogens is 3. The number of nitrogens with one attached hydrogen (secondary N) is 1. The molecule has 0 amide bonds. The maximum Gasteiger partial charge on any atom is 0.268 e. The third-order valence-electron chi connectivity index (χ3n) is 3.47. The molecular weight excluding hydrogens is 384 g/mol. The first kappa shape index (κ1) is 17.9. The Morgan fingerprint density at radius 1 is 1.33 bits per heavy atom. The number of benzene rings is 1. The Bertz CT molecular complexity index is 854. The smallest absolute Gasteiger partial charge is 0.268 e. The zero-order valence-electron chi connectivity index (χ0n) is 13.2. The van der Waals surface area contributed by atoms with Gasteiger partial charge in [0.05, 0.1) is 11.6 Å². The number of anilines is 3. The average molecular weight is 398 g/mol. The van der Waals surface area contributed by atoms with E-state index in [-0.39, 0.29) is 21.8 Å². The lowest BCUT2D eigenvalue weighted by Crippen LogP contribution is -2.26. The number of nitrogens with zero attached hydrogens (tertiary/aromatic N) is 4. The fraction of sp³-hybridized carbons (Fsp3) is 0.267. The second-order valence-electron chi connectivity index (χ2n) is 5.00. The van der Waals surface area contributed by atoms with Crippen LogP contribution in [0.1, 0.15) is 12.5 Å². The summed E-state index contributed by atoms with van der Waals surface area (Å²) in [6.07, 6.45) is 0. The molecule has 6 nitrogen and oxygen atoms in total. The first-order chi connectivity index (χ1) is 11.3. The van der Waals surface area contributed by atoms with Crippen molar-refractivity contribution in [2.45, 2.75) is 6.92 Å². The van der Waals surface area contributed by atoms with Crippen molar-refractivity contribution < 1.29 is 8.78 Å². The maximum atomic E-state index is 14.2. The van der Waals surface area contributed by atoms with Gasteiger partial charge in [-0.25, -0.2) is 8.78 Å². The molecule has 0 aliphatic rings. The summed E-state index contributed by atoms with van der Waals surface area (Å²) in [5, 5.41) is 8.77. The summed E-state index contributed by atoms with van der Waals surface area (Å²) in [6, 6.07) is 3.53. The Hall–Kier alpha value is -2.47. The number of aromatic nitrogens is 2. The van der Waals surface area contributed by atoms with Gasteiger partial charge >= 0.3 is 0 Å². The molecule has 0 radical (unpaired) electrons. The van der Waals surface area contributed by atoms with Gasteiger partial charge in [-0.3, -0.25) is 9.78 Å². The molecule has 0 spiro atoms. The molecule has 1 heterocycles. The first-order valence-electron chi connectivity index (χ1n) is 6.94. The van der Waals surface area contributed by atoms with Crippen LogP contribution < -0.4 is 15.4 Å². The Kier molecular flexibility index (Phi) is 5.19. The molecule has 0 aliphatic carbocycles. The predicted octanol–water partition coefficient (Wildman–Crippen LogP) is 2.91. The van der Waals surface area contributed by atoms with E-state index in [1.165, 1.54) is 7.05 Å². The second-order valence-corrected chi connectivity index (χ2v) is 5.79. The van der Waals surface area contributed by atoms with Crippen molar-refractivity contribution in [2.75, 3.05) is 30.4 Å². The standard InChI is InChI=1S/C15H14BrF2N5O/c1-4-22(2)15-20-13(11(16)14(24)21-15)23(3)12-9(17)5-8(7-19)6-10(12)18/h5-6H,4H2,1-3H3,(H,20,21,24). The number of aromatic amines is 1. The molecule has 2 rings (SSSR count). The van der Waals surface area contributed by atoms with E-state index < -0.39 is 22.9 Å². The van der Waals surface area contributed by atoms with E-state index in [9.17, 15) is 13.6 Å². The summed E-state index contributed by atoms with van der Waals surface area (Å²) in [5.41, 5.74) is -1.01. The lowest BCUT2D eigenvalue weighted by atomic mass is 10.2. The van der Waals surface area contributed by atoms with Gasteiger partial charge < -0.3 is 9.80 Å². The van der Waals surface area contributed by atoms with Crippen LogP contribution in [0.2, 0.25) is 0 Å². The molecule has 9 heteroatoms. The molecule has 1 N–H and O–H groups in total. The van der Waals surface area contributed by atoms with E-state index in [0.717, 1.165) is 17.0 Å². The van der Waals surface area contributed by atoms with Crippen LogP contribution in [0.4, 0.5) is 26.2 Å². The van der Waals surface area contributed by atoms with Crippen molar-refractivity contribution in [3.63, 3.8) is 0 Å².